The molecule has 433 valence electrons. The number of hydrogen-bond donors (Lipinski definition) is 0. The zero-order valence-electron chi connectivity index (χ0n) is 54.1. The number of pyridine rings is 4. The summed E-state index contributed by atoms with van der Waals surface area (Å²) in [6.07, 6.45) is 7.58. The van der Waals surface area contributed by atoms with Gasteiger partial charge in [0, 0.05) is 50.5 Å². The Morgan fingerprint density at radius 3 is 0.654 bits per heavy atom. The standard InChI is InChI=1S/C19H25N.3C19H24N.Ir/c4*1-18(2,3)15-9-7-14(8-10-15)17-13-16(11-12-20-17)19(4,5)6;/h7-13H,1-6H3;3*7,9-13H,1-6H3;/q;3*-1;. The van der Waals surface area contributed by atoms with E-state index in [-0.39, 0.29) is 63.4 Å². The van der Waals surface area contributed by atoms with Crippen LogP contribution >= 0.6 is 0 Å². The first-order valence-electron chi connectivity index (χ1n) is 28.8. The van der Waals surface area contributed by atoms with Crippen LogP contribution < -0.4 is 0 Å². The van der Waals surface area contributed by atoms with Gasteiger partial charge in [-0.25, -0.2) is 0 Å². The van der Waals surface area contributed by atoms with Crippen LogP contribution in [0, 0.1) is 18.2 Å². The van der Waals surface area contributed by atoms with Crippen molar-refractivity contribution in [1.82, 2.24) is 19.9 Å². The van der Waals surface area contributed by atoms with Crippen molar-refractivity contribution in [2.24, 2.45) is 0 Å². The second kappa shape index (κ2) is 26.6. The molecule has 4 heterocycles. The molecule has 0 aliphatic heterocycles. The van der Waals surface area contributed by atoms with Gasteiger partial charge < -0.3 is 15.0 Å². The fraction of sp³-hybridized carbons (Fsp3) is 0.421. The van der Waals surface area contributed by atoms with Crippen LogP contribution in [0.1, 0.15) is 211 Å². The van der Waals surface area contributed by atoms with E-state index in [1.807, 2.05) is 24.8 Å². The number of benzene rings is 4. The molecule has 5 heteroatoms. The summed E-state index contributed by atoms with van der Waals surface area (Å²) in [5, 5.41) is 0. The van der Waals surface area contributed by atoms with Crippen molar-refractivity contribution in [2.45, 2.75) is 209 Å². The van der Waals surface area contributed by atoms with Crippen LogP contribution in [0.25, 0.3) is 45.0 Å². The third-order valence-corrected chi connectivity index (χ3v) is 14.4. The van der Waals surface area contributed by atoms with Crippen molar-refractivity contribution >= 4 is 0 Å². The zero-order chi connectivity index (χ0) is 59.9. The predicted molar refractivity (Wildman–Crippen MR) is 345 cm³/mol. The minimum atomic E-state index is 0. The van der Waals surface area contributed by atoms with Crippen molar-refractivity contribution in [3.63, 3.8) is 0 Å². The summed E-state index contributed by atoms with van der Waals surface area (Å²) >= 11 is 0. The van der Waals surface area contributed by atoms with Crippen LogP contribution in [0.5, 0.6) is 0 Å². The first kappa shape index (κ1) is 67.6. The normalized spacial score (nSPS) is 12.3. The van der Waals surface area contributed by atoms with Crippen molar-refractivity contribution in [3.8, 4) is 45.0 Å². The SMILES string of the molecule is CC(C)(C)c1c[c-]c(-c2cc(C(C)(C)C)ccn2)cc1.CC(C)(C)c1c[c-]c(-c2cc(C(C)(C)C)ccn2)cc1.CC(C)(C)c1c[c-]c(-c2cc(C(C)(C)C)ccn2)cc1.CC(C)(C)c1ccc(-c2cc(C(C)(C)C)ccn2)cc1.[Ir]. The Morgan fingerprint density at radius 1 is 0.235 bits per heavy atom. The van der Waals surface area contributed by atoms with E-state index in [0.717, 1.165) is 39.5 Å². The minimum absolute atomic E-state index is 0. The van der Waals surface area contributed by atoms with Crippen LogP contribution in [0.15, 0.2) is 152 Å². The molecular weight excluding hydrogens is 1160 g/mol. The molecule has 8 rings (SSSR count). The summed E-state index contributed by atoms with van der Waals surface area (Å²) in [6.45, 7) is 53.3. The van der Waals surface area contributed by atoms with Crippen LogP contribution in [-0.2, 0) is 63.4 Å². The monoisotopic (exact) mass is 1260 g/mol. The summed E-state index contributed by atoms with van der Waals surface area (Å²) in [4.78, 5) is 18.0. The van der Waals surface area contributed by atoms with E-state index < -0.39 is 0 Å². The zero-order valence-corrected chi connectivity index (χ0v) is 56.5. The summed E-state index contributed by atoms with van der Waals surface area (Å²) < 4.78 is 0. The molecule has 1 radical (unpaired) electrons. The van der Waals surface area contributed by atoms with Gasteiger partial charge in [0.1, 0.15) is 0 Å². The van der Waals surface area contributed by atoms with Gasteiger partial charge in [-0.1, -0.05) is 209 Å². The topological polar surface area (TPSA) is 51.6 Å². The Balaban J connectivity index is 0.000000231. The Hall–Kier alpha value is -5.87. The van der Waals surface area contributed by atoms with Gasteiger partial charge in [-0.15, -0.1) is 106 Å². The second-order valence-corrected chi connectivity index (χ2v) is 29.8. The maximum atomic E-state index is 4.51. The smallest absolute Gasteiger partial charge is 0.0704 e. The molecule has 4 aromatic heterocycles. The fourth-order valence-corrected chi connectivity index (χ4v) is 8.48. The van der Waals surface area contributed by atoms with E-state index in [9.17, 15) is 0 Å². The van der Waals surface area contributed by atoms with Gasteiger partial charge >= 0.3 is 0 Å². The average Bonchev–Trinajstić information content (AvgIpc) is 3.37. The molecule has 0 N–H and O–H groups in total. The first-order chi connectivity index (χ1) is 36.7. The van der Waals surface area contributed by atoms with E-state index in [2.05, 4.69) is 332 Å². The molecule has 0 unspecified atom stereocenters. The summed E-state index contributed by atoms with van der Waals surface area (Å²) in [5.74, 6) is 0. The Kier molecular flexibility index (Phi) is 22.2. The Labute approximate surface area is 506 Å². The van der Waals surface area contributed by atoms with Gasteiger partial charge in [-0.3, -0.25) is 4.98 Å². The van der Waals surface area contributed by atoms with Gasteiger partial charge in [0.15, 0.2) is 0 Å². The predicted octanol–water partition coefficient (Wildman–Crippen LogP) is 20.8. The quantitative estimate of drug-likeness (QED) is 0.165. The van der Waals surface area contributed by atoms with Crippen molar-refractivity contribution in [3.05, 3.63) is 215 Å². The van der Waals surface area contributed by atoms with Crippen LogP contribution in [0.3, 0.4) is 0 Å². The molecule has 0 saturated heterocycles. The van der Waals surface area contributed by atoms with E-state index in [1.54, 1.807) is 0 Å². The first-order valence-corrected chi connectivity index (χ1v) is 28.8. The van der Waals surface area contributed by atoms with Gasteiger partial charge in [0.05, 0.1) is 5.69 Å². The average molecular weight is 1260 g/mol. The molecule has 4 nitrogen and oxygen atoms in total. The van der Waals surface area contributed by atoms with E-state index in [1.165, 1.54) is 50.1 Å². The van der Waals surface area contributed by atoms with Crippen LogP contribution in [0.2, 0.25) is 0 Å². The Bertz CT molecular complexity index is 2770. The molecule has 81 heavy (non-hydrogen) atoms. The number of aromatic nitrogens is 4. The van der Waals surface area contributed by atoms with Crippen LogP contribution in [-0.4, -0.2) is 19.9 Å². The number of hydrogen-bond acceptors (Lipinski definition) is 4. The fourth-order valence-electron chi connectivity index (χ4n) is 8.48. The maximum absolute atomic E-state index is 4.51. The number of nitrogens with zero attached hydrogens (tertiary/aromatic N) is 4. The molecule has 0 spiro atoms. The molecule has 4 aromatic carbocycles. The largest absolute Gasteiger partial charge is 0.305 e. The summed E-state index contributed by atoms with van der Waals surface area (Å²) in [6, 6.07) is 55.1. The van der Waals surface area contributed by atoms with E-state index >= 15 is 0 Å². The van der Waals surface area contributed by atoms with Gasteiger partial charge in [-0.2, -0.15) is 0 Å². The molecule has 0 aliphatic rings. The minimum Gasteiger partial charge on any atom is -0.305 e. The van der Waals surface area contributed by atoms with Gasteiger partial charge in [0.25, 0.3) is 0 Å². The Morgan fingerprint density at radius 2 is 0.444 bits per heavy atom. The third kappa shape index (κ3) is 20.2. The van der Waals surface area contributed by atoms with Crippen molar-refractivity contribution < 1.29 is 20.1 Å². The van der Waals surface area contributed by atoms with Gasteiger partial charge in [0.2, 0.25) is 0 Å². The van der Waals surface area contributed by atoms with Crippen LogP contribution in [0.4, 0.5) is 0 Å². The molecule has 0 amide bonds. The van der Waals surface area contributed by atoms with Crippen molar-refractivity contribution in [2.75, 3.05) is 0 Å². The maximum Gasteiger partial charge on any atom is 0.0704 e. The van der Waals surface area contributed by atoms with E-state index in [0.29, 0.717) is 0 Å². The number of rotatable bonds is 4. The molecule has 0 bridgehead atoms. The molecular formula is C76H97IrN4-3. The molecule has 8 aromatic rings. The third-order valence-electron chi connectivity index (χ3n) is 14.4. The summed E-state index contributed by atoms with van der Waals surface area (Å²) in [7, 11) is 0. The molecule has 0 atom stereocenters. The van der Waals surface area contributed by atoms with E-state index in [4.69, 9.17) is 0 Å². The molecule has 0 aliphatic carbocycles. The van der Waals surface area contributed by atoms with Crippen molar-refractivity contribution in [1.29, 1.82) is 0 Å². The van der Waals surface area contributed by atoms with Gasteiger partial charge in [-0.05, 0) is 119 Å². The second-order valence-electron chi connectivity index (χ2n) is 29.8. The molecule has 0 fully saturated rings. The molecule has 0 saturated carbocycles. The summed E-state index contributed by atoms with van der Waals surface area (Å²) in [5.41, 5.74) is 20.2.